The fraction of sp³-hybridized carbons (Fsp3) is 0.643. The Labute approximate surface area is 153 Å². The van der Waals surface area contributed by atoms with Crippen LogP contribution in [-0.4, -0.2) is 87.5 Å². The smallest absolute Gasteiger partial charge is 0.328 e. The summed E-state index contributed by atoms with van der Waals surface area (Å²) in [6, 6.07) is -4.31. The van der Waals surface area contributed by atoms with Gasteiger partial charge in [0.25, 0.3) is 0 Å². The lowest BCUT2D eigenvalue weighted by Crippen LogP contribution is -2.57. The van der Waals surface area contributed by atoms with Gasteiger partial charge < -0.3 is 42.1 Å². The molecular formula is C14H24N4O9. The summed E-state index contributed by atoms with van der Waals surface area (Å²) in [5.74, 6) is -5.36. The molecule has 0 bridgehead atoms. The van der Waals surface area contributed by atoms with Gasteiger partial charge >= 0.3 is 11.9 Å². The summed E-state index contributed by atoms with van der Waals surface area (Å²) in [4.78, 5) is 56.6. The van der Waals surface area contributed by atoms with E-state index in [-0.39, 0.29) is 12.8 Å². The Morgan fingerprint density at radius 1 is 1.04 bits per heavy atom. The number of aliphatic hydroxyl groups excluding tert-OH is 2. The highest BCUT2D eigenvalue weighted by molar-refractivity contribution is 5.92. The average Bonchev–Trinajstić information content (AvgIpc) is 2.58. The molecule has 4 atom stereocenters. The maximum atomic E-state index is 11.9. The summed E-state index contributed by atoms with van der Waals surface area (Å²) < 4.78 is 0. The van der Waals surface area contributed by atoms with Crippen LogP contribution in [0.3, 0.4) is 0 Å². The van der Waals surface area contributed by atoms with Crippen LogP contribution < -0.4 is 21.7 Å². The van der Waals surface area contributed by atoms with Gasteiger partial charge in [-0.05, 0) is 13.3 Å². The maximum Gasteiger partial charge on any atom is 0.328 e. The van der Waals surface area contributed by atoms with Crippen LogP contribution in [0.4, 0.5) is 0 Å². The number of amides is 3. The van der Waals surface area contributed by atoms with Gasteiger partial charge in [0, 0.05) is 6.42 Å². The molecule has 0 radical (unpaired) electrons. The van der Waals surface area contributed by atoms with Crippen molar-refractivity contribution in [1.29, 1.82) is 0 Å². The first-order valence-corrected chi connectivity index (χ1v) is 7.86. The molecule has 13 nitrogen and oxygen atoms in total. The van der Waals surface area contributed by atoms with E-state index in [0.717, 1.165) is 6.92 Å². The SMILES string of the molecule is CC(O)C(NC(=O)C(CO)NC(=O)CNC(=O)C(N)CCC(=O)O)C(=O)O. The second-order valence-electron chi connectivity index (χ2n) is 5.62. The lowest BCUT2D eigenvalue weighted by molar-refractivity contribution is -0.145. The molecule has 0 aliphatic rings. The molecule has 0 aliphatic carbocycles. The summed E-state index contributed by atoms with van der Waals surface area (Å²) in [5.41, 5.74) is 5.45. The monoisotopic (exact) mass is 392 g/mol. The average molecular weight is 392 g/mol. The van der Waals surface area contributed by atoms with Crippen molar-refractivity contribution in [3.05, 3.63) is 0 Å². The standard InChI is InChI=1S/C14H24N4O9/c1-6(20)11(14(26)27)18-13(25)8(5-19)17-9(21)4-16-12(24)7(15)2-3-10(22)23/h6-8,11,19-20H,2-5,15H2,1H3,(H,16,24)(H,17,21)(H,18,25)(H,22,23)(H,26,27). The fourth-order valence-corrected chi connectivity index (χ4v) is 1.79. The topological polar surface area (TPSA) is 228 Å². The van der Waals surface area contributed by atoms with Gasteiger partial charge in [-0.15, -0.1) is 0 Å². The van der Waals surface area contributed by atoms with Crippen molar-refractivity contribution in [2.24, 2.45) is 5.73 Å². The third-order valence-electron chi connectivity index (χ3n) is 3.31. The van der Waals surface area contributed by atoms with E-state index in [1.807, 2.05) is 5.32 Å². The fourth-order valence-electron chi connectivity index (χ4n) is 1.79. The Morgan fingerprint density at radius 3 is 2.07 bits per heavy atom. The van der Waals surface area contributed by atoms with Gasteiger partial charge in [0.15, 0.2) is 6.04 Å². The highest BCUT2D eigenvalue weighted by atomic mass is 16.4. The van der Waals surface area contributed by atoms with Crippen molar-refractivity contribution in [2.75, 3.05) is 13.2 Å². The highest BCUT2D eigenvalue weighted by Gasteiger charge is 2.29. The Kier molecular flexibility index (Phi) is 10.6. The zero-order valence-corrected chi connectivity index (χ0v) is 14.5. The molecule has 3 amide bonds. The first-order chi connectivity index (χ1) is 12.5. The zero-order valence-electron chi connectivity index (χ0n) is 14.5. The molecule has 27 heavy (non-hydrogen) atoms. The predicted octanol–water partition coefficient (Wildman–Crippen LogP) is -4.28. The third kappa shape index (κ3) is 9.48. The summed E-state index contributed by atoms with van der Waals surface area (Å²) in [6.45, 7) is -0.341. The van der Waals surface area contributed by atoms with Gasteiger partial charge in [-0.1, -0.05) is 0 Å². The molecule has 4 unspecified atom stereocenters. The van der Waals surface area contributed by atoms with Crippen LogP contribution in [0.5, 0.6) is 0 Å². The molecule has 0 aromatic heterocycles. The summed E-state index contributed by atoms with van der Waals surface area (Å²) >= 11 is 0. The summed E-state index contributed by atoms with van der Waals surface area (Å²) in [7, 11) is 0. The first kappa shape index (κ1) is 24.2. The van der Waals surface area contributed by atoms with E-state index in [9.17, 15) is 34.2 Å². The maximum absolute atomic E-state index is 11.9. The molecule has 0 saturated carbocycles. The van der Waals surface area contributed by atoms with Crippen molar-refractivity contribution >= 4 is 29.7 Å². The number of carboxylic acid groups (broad SMARTS) is 2. The van der Waals surface area contributed by atoms with E-state index in [4.69, 9.17) is 15.9 Å². The minimum absolute atomic E-state index is 0.139. The summed E-state index contributed by atoms with van der Waals surface area (Å²) in [5, 5.41) is 42.0. The van der Waals surface area contributed by atoms with Crippen LogP contribution in [0.1, 0.15) is 19.8 Å². The first-order valence-electron chi connectivity index (χ1n) is 7.86. The number of aliphatic hydroxyl groups is 2. The van der Waals surface area contributed by atoms with Crippen molar-refractivity contribution in [3.63, 3.8) is 0 Å². The van der Waals surface area contributed by atoms with Crippen LogP contribution in [0.25, 0.3) is 0 Å². The number of nitrogens with one attached hydrogen (secondary N) is 3. The second-order valence-corrected chi connectivity index (χ2v) is 5.62. The molecular weight excluding hydrogens is 368 g/mol. The van der Waals surface area contributed by atoms with Gasteiger partial charge in [0.05, 0.1) is 25.3 Å². The largest absolute Gasteiger partial charge is 0.481 e. The van der Waals surface area contributed by atoms with Crippen molar-refractivity contribution in [3.8, 4) is 0 Å². The van der Waals surface area contributed by atoms with Gasteiger partial charge in [0.1, 0.15) is 6.04 Å². The lowest BCUT2D eigenvalue weighted by atomic mass is 10.1. The number of hydrogen-bond acceptors (Lipinski definition) is 8. The minimum atomic E-state index is -1.64. The van der Waals surface area contributed by atoms with Gasteiger partial charge in [-0.2, -0.15) is 0 Å². The van der Waals surface area contributed by atoms with E-state index in [1.165, 1.54) is 0 Å². The molecule has 9 N–H and O–H groups in total. The van der Waals surface area contributed by atoms with E-state index in [1.54, 1.807) is 0 Å². The Morgan fingerprint density at radius 2 is 1.63 bits per heavy atom. The zero-order chi connectivity index (χ0) is 21.1. The predicted molar refractivity (Wildman–Crippen MR) is 88.1 cm³/mol. The molecule has 0 saturated heterocycles. The van der Waals surface area contributed by atoms with Gasteiger partial charge in [-0.3, -0.25) is 19.2 Å². The Balaban J connectivity index is 4.55. The van der Waals surface area contributed by atoms with Crippen LogP contribution in [0, 0.1) is 0 Å². The number of nitrogens with two attached hydrogens (primary N) is 1. The minimum Gasteiger partial charge on any atom is -0.481 e. The molecule has 0 aromatic rings. The lowest BCUT2D eigenvalue weighted by Gasteiger charge is -2.21. The molecule has 0 heterocycles. The molecule has 0 rings (SSSR count). The van der Waals surface area contributed by atoms with E-state index >= 15 is 0 Å². The van der Waals surface area contributed by atoms with Crippen molar-refractivity contribution in [2.45, 2.75) is 44.0 Å². The van der Waals surface area contributed by atoms with Crippen LogP contribution in [-0.2, 0) is 24.0 Å². The van der Waals surface area contributed by atoms with Crippen LogP contribution in [0.15, 0.2) is 0 Å². The normalized spacial score (nSPS) is 15.0. The van der Waals surface area contributed by atoms with E-state index in [0.29, 0.717) is 0 Å². The Hall–Kier alpha value is -2.77. The highest BCUT2D eigenvalue weighted by Crippen LogP contribution is 1.96. The van der Waals surface area contributed by atoms with Gasteiger partial charge in [-0.25, -0.2) is 4.79 Å². The number of rotatable bonds is 12. The number of hydrogen-bond donors (Lipinski definition) is 8. The number of carboxylic acids is 2. The number of carbonyl (C=O) groups excluding carboxylic acids is 3. The molecule has 13 heteroatoms. The molecule has 0 aromatic carbocycles. The van der Waals surface area contributed by atoms with Crippen molar-refractivity contribution in [1.82, 2.24) is 16.0 Å². The number of carbonyl (C=O) groups is 5. The van der Waals surface area contributed by atoms with Gasteiger partial charge in [0.2, 0.25) is 17.7 Å². The van der Waals surface area contributed by atoms with Crippen molar-refractivity contribution < 1.29 is 44.4 Å². The third-order valence-corrected chi connectivity index (χ3v) is 3.31. The molecule has 0 fully saturated rings. The Bertz CT molecular complexity index is 567. The van der Waals surface area contributed by atoms with E-state index < -0.39 is 67.0 Å². The second kappa shape index (κ2) is 11.8. The molecule has 154 valence electrons. The summed E-state index contributed by atoms with van der Waals surface area (Å²) in [6.07, 6.45) is -1.89. The van der Waals surface area contributed by atoms with Crippen LogP contribution >= 0.6 is 0 Å². The molecule has 0 aliphatic heterocycles. The van der Waals surface area contributed by atoms with E-state index in [2.05, 4.69) is 10.6 Å². The quantitative estimate of drug-likeness (QED) is 0.159. The van der Waals surface area contributed by atoms with Crippen LogP contribution in [0.2, 0.25) is 0 Å². The molecule has 0 spiro atoms. The number of aliphatic carboxylic acids is 2.